The van der Waals surface area contributed by atoms with Crippen LogP contribution in [0.3, 0.4) is 0 Å². The van der Waals surface area contributed by atoms with Gasteiger partial charge in [0, 0.05) is 11.5 Å². The molecule has 8 atom stereocenters. The largest absolute Gasteiger partial charge is 0.390 e. The quantitative estimate of drug-likeness (QED) is 0.729. The van der Waals surface area contributed by atoms with E-state index in [9.17, 15) is 9.90 Å². The van der Waals surface area contributed by atoms with Crippen molar-refractivity contribution in [3.63, 3.8) is 0 Å². The Hall–Kier alpha value is -0.410. The molecule has 0 aliphatic heterocycles. The van der Waals surface area contributed by atoms with Crippen LogP contribution < -0.4 is 5.73 Å². The summed E-state index contributed by atoms with van der Waals surface area (Å²) in [7, 11) is 0. The Morgan fingerprint density at radius 3 is 2.39 bits per heavy atom. The molecule has 3 heteroatoms. The molecule has 4 fully saturated rings. The lowest BCUT2D eigenvalue weighted by atomic mass is 9.47. The maximum Gasteiger partial charge on any atom is 0.123 e. The molecular formula is C20H33NO2. The van der Waals surface area contributed by atoms with Crippen LogP contribution in [0.5, 0.6) is 0 Å². The number of hydrogen-bond donors (Lipinski definition) is 2. The maximum atomic E-state index is 11.5. The van der Waals surface area contributed by atoms with Gasteiger partial charge in [-0.25, -0.2) is 0 Å². The Morgan fingerprint density at radius 2 is 1.65 bits per heavy atom. The van der Waals surface area contributed by atoms with Crippen LogP contribution in [0.15, 0.2) is 0 Å². The third kappa shape index (κ3) is 2.26. The second-order valence-corrected chi connectivity index (χ2v) is 9.89. The molecule has 4 rings (SSSR count). The average molecular weight is 319 g/mol. The van der Waals surface area contributed by atoms with Crippen molar-refractivity contribution in [1.29, 1.82) is 0 Å². The predicted molar refractivity (Wildman–Crippen MR) is 90.7 cm³/mol. The summed E-state index contributed by atoms with van der Waals surface area (Å²) in [5, 5.41) is 10.5. The molecular weight excluding hydrogens is 286 g/mol. The number of nitrogens with two attached hydrogens (primary N) is 1. The highest BCUT2D eigenvalue weighted by Gasteiger charge is 2.60. The first-order chi connectivity index (χ1) is 10.8. The topological polar surface area (TPSA) is 63.3 Å². The highest BCUT2D eigenvalue weighted by molar-refractivity contribution is 5.56. The van der Waals surface area contributed by atoms with E-state index >= 15 is 0 Å². The van der Waals surface area contributed by atoms with Crippen molar-refractivity contribution in [3.8, 4) is 0 Å². The third-order valence-corrected chi connectivity index (χ3v) is 8.63. The lowest BCUT2D eigenvalue weighted by molar-refractivity contribution is -0.124. The summed E-state index contributed by atoms with van der Waals surface area (Å²) < 4.78 is 0. The van der Waals surface area contributed by atoms with Crippen molar-refractivity contribution in [3.05, 3.63) is 0 Å². The molecule has 0 bridgehead atoms. The monoisotopic (exact) mass is 319 g/mol. The first kappa shape index (κ1) is 16.1. The standard InChI is InChI=1S/C20H33NO2/c1-18(23)8-7-17-15-5-9-19(2)13(11-22)3-4-16(19)14(15)6-10-20(17,21)12-18/h11,13-17,23H,3-10,12,21H2,1-2H3/t13-,14?,15+,16+,17-,18-,19-,20-/m1/s1. The second-order valence-electron chi connectivity index (χ2n) is 9.89. The molecule has 4 saturated carbocycles. The molecule has 0 saturated heterocycles. The van der Waals surface area contributed by atoms with Crippen molar-refractivity contribution in [2.75, 3.05) is 0 Å². The minimum Gasteiger partial charge on any atom is -0.390 e. The first-order valence-electron chi connectivity index (χ1n) is 9.76. The van der Waals surface area contributed by atoms with Crippen LogP contribution >= 0.6 is 0 Å². The van der Waals surface area contributed by atoms with E-state index in [0.717, 1.165) is 49.9 Å². The summed E-state index contributed by atoms with van der Waals surface area (Å²) in [6.07, 6.45) is 11.1. The van der Waals surface area contributed by atoms with Crippen LogP contribution in [0.25, 0.3) is 0 Å². The zero-order valence-electron chi connectivity index (χ0n) is 14.8. The summed E-state index contributed by atoms with van der Waals surface area (Å²) in [6.45, 7) is 4.35. The van der Waals surface area contributed by atoms with Crippen LogP contribution in [0.2, 0.25) is 0 Å². The van der Waals surface area contributed by atoms with E-state index in [1.54, 1.807) is 0 Å². The van der Waals surface area contributed by atoms with Gasteiger partial charge < -0.3 is 15.6 Å². The van der Waals surface area contributed by atoms with Crippen LogP contribution in [0, 0.1) is 35.0 Å². The highest BCUT2D eigenvalue weighted by Crippen LogP contribution is 2.64. The number of carbonyl (C=O) groups excluding carboxylic acids is 1. The number of rotatable bonds is 1. The van der Waals surface area contributed by atoms with Crippen molar-refractivity contribution >= 4 is 6.29 Å². The smallest absolute Gasteiger partial charge is 0.123 e. The molecule has 1 unspecified atom stereocenters. The normalized spacial score (nSPS) is 58.9. The highest BCUT2D eigenvalue weighted by atomic mass is 16.3. The fourth-order valence-electron chi connectivity index (χ4n) is 7.53. The van der Waals surface area contributed by atoms with Crippen LogP contribution in [-0.4, -0.2) is 22.5 Å². The molecule has 0 heterocycles. The van der Waals surface area contributed by atoms with E-state index in [-0.39, 0.29) is 16.9 Å². The predicted octanol–water partition coefficient (Wildman–Crippen LogP) is 3.29. The number of fused-ring (bicyclic) bond motifs is 5. The molecule has 3 nitrogen and oxygen atoms in total. The summed E-state index contributed by atoms with van der Waals surface area (Å²) in [6, 6.07) is 0. The minimum atomic E-state index is -0.572. The van der Waals surface area contributed by atoms with E-state index in [1.807, 2.05) is 6.92 Å². The molecule has 3 N–H and O–H groups in total. The Morgan fingerprint density at radius 1 is 0.957 bits per heavy atom. The third-order valence-electron chi connectivity index (χ3n) is 8.63. The van der Waals surface area contributed by atoms with Crippen molar-refractivity contribution < 1.29 is 9.90 Å². The molecule has 4 aliphatic rings. The second kappa shape index (κ2) is 5.05. The van der Waals surface area contributed by atoms with Crippen molar-refractivity contribution in [2.24, 2.45) is 40.7 Å². The Balaban J connectivity index is 1.60. The van der Waals surface area contributed by atoms with Gasteiger partial charge in [-0.1, -0.05) is 6.92 Å². The Kier molecular flexibility index (Phi) is 3.53. The Bertz CT molecular complexity index is 504. The van der Waals surface area contributed by atoms with Gasteiger partial charge in [0.25, 0.3) is 0 Å². The number of aliphatic hydroxyl groups is 1. The van der Waals surface area contributed by atoms with Crippen molar-refractivity contribution in [1.82, 2.24) is 0 Å². The van der Waals surface area contributed by atoms with Gasteiger partial charge in [0.1, 0.15) is 6.29 Å². The van der Waals surface area contributed by atoms with E-state index in [0.29, 0.717) is 5.92 Å². The lowest BCUT2D eigenvalue weighted by Crippen LogP contribution is -2.63. The summed E-state index contributed by atoms with van der Waals surface area (Å²) in [5.41, 5.74) is 6.38. The molecule has 0 amide bonds. The number of carbonyl (C=O) groups is 1. The van der Waals surface area contributed by atoms with Gasteiger partial charge in [0.2, 0.25) is 0 Å². The number of hydrogen-bond acceptors (Lipinski definition) is 3. The molecule has 0 spiro atoms. The molecule has 0 aromatic heterocycles. The lowest BCUT2D eigenvalue weighted by Gasteiger charge is -2.60. The van der Waals surface area contributed by atoms with Gasteiger partial charge in [-0.2, -0.15) is 0 Å². The van der Waals surface area contributed by atoms with E-state index in [1.165, 1.54) is 32.0 Å². The minimum absolute atomic E-state index is 0.153. The van der Waals surface area contributed by atoms with Gasteiger partial charge >= 0.3 is 0 Å². The maximum absolute atomic E-state index is 11.5. The SMILES string of the molecule is C[C@@]1(O)CC[C@@H]2[C@H]3CC[C@]4(C)[C@@H](C=O)CC[C@H]4C3CC[C@@]2(N)C1. The first-order valence-corrected chi connectivity index (χ1v) is 9.76. The number of aldehydes is 1. The Labute approximate surface area is 140 Å². The van der Waals surface area contributed by atoms with Crippen LogP contribution in [0.1, 0.15) is 71.6 Å². The molecule has 130 valence electrons. The van der Waals surface area contributed by atoms with Crippen LogP contribution in [0.4, 0.5) is 0 Å². The summed E-state index contributed by atoms with van der Waals surface area (Å²) in [4.78, 5) is 11.5. The van der Waals surface area contributed by atoms with Crippen molar-refractivity contribution in [2.45, 2.75) is 82.8 Å². The van der Waals surface area contributed by atoms with Crippen LogP contribution in [-0.2, 0) is 4.79 Å². The zero-order chi connectivity index (χ0) is 16.5. The average Bonchev–Trinajstić information content (AvgIpc) is 2.81. The summed E-state index contributed by atoms with van der Waals surface area (Å²) >= 11 is 0. The van der Waals surface area contributed by atoms with Gasteiger partial charge in [-0.3, -0.25) is 0 Å². The molecule has 0 aromatic carbocycles. The van der Waals surface area contributed by atoms with Gasteiger partial charge in [-0.15, -0.1) is 0 Å². The molecule has 0 aromatic rings. The molecule has 0 radical (unpaired) electrons. The van der Waals surface area contributed by atoms with Gasteiger partial charge in [0.15, 0.2) is 0 Å². The zero-order valence-corrected chi connectivity index (χ0v) is 14.8. The van der Waals surface area contributed by atoms with Gasteiger partial charge in [0.05, 0.1) is 5.60 Å². The molecule has 4 aliphatic carbocycles. The fourth-order valence-corrected chi connectivity index (χ4v) is 7.53. The van der Waals surface area contributed by atoms with Gasteiger partial charge in [-0.05, 0) is 93.8 Å². The van der Waals surface area contributed by atoms with E-state index in [4.69, 9.17) is 5.73 Å². The summed E-state index contributed by atoms with van der Waals surface area (Å²) in [5.74, 6) is 3.09. The fraction of sp³-hybridized carbons (Fsp3) is 0.950. The van der Waals surface area contributed by atoms with E-state index < -0.39 is 5.60 Å². The van der Waals surface area contributed by atoms with E-state index in [2.05, 4.69) is 6.92 Å². The molecule has 23 heavy (non-hydrogen) atoms.